The summed E-state index contributed by atoms with van der Waals surface area (Å²) in [5.74, 6) is -2.51. The van der Waals surface area contributed by atoms with E-state index in [0.717, 1.165) is 0 Å². The van der Waals surface area contributed by atoms with E-state index in [-0.39, 0.29) is 5.75 Å². The first kappa shape index (κ1) is 13.9. The number of carbonyl (C=O) groups is 2. The molecular weight excluding hydrogens is 310 g/mol. The molecule has 7 heteroatoms. The molecule has 0 radical (unpaired) electrons. The minimum atomic E-state index is -1.69. The van der Waals surface area contributed by atoms with Crippen molar-refractivity contribution in [2.24, 2.45) is 0 Å². The number of amides is 1. The van der Waals surface area contributed by atoms with Crippen molar-refractivity contribution in [3.05, 3.63) is 28.7 Å². The van der Waals surface area contributed by atoms with Crippen molar-refractivity contribution in [2.45, 2.75) is 0 Å². The number of hydrogen-bond donors (Lipinski definition) is 2. The molecule has 1 unspecified atom stereocenters. The minimum absolute atomic E-state index is 0.326. The number of anilines is 1. The number of benzene rings is 1. The first-order chi connectivity index (χ1) is 7.99. The lowest BCUT2D eigenvalue weighted by atomic mass is 10.3. The molecule has 17 heavy (non-hydrogen) atoms. The summed E-state index contributed by atoms with van der Waals surface area (Å²) in [6, 6.07) is 6.98. The Kier molecular flexibility index (Phi) is 5.30. The highest BCUT2D eigenvalue weighted by molar-refractivity contribution is 9.10. The van der Waals surface area contributed by atoms with Crippen LogP contribution < -0.4 is 5.32 Å². The van der Waals surface area contributed by atoms with Gasteiger partial charge >= 0.3 is 5.97 Å². The molecule has 5 nitrogen and oxygen atoms in total. The van der Waals surface area contributed by atoms with Crippen LogP contribution in [0.25, 0.3) is 0 Å². The molecule has 0 aliphatic heterocycles. The van der Waals surface area contributed by atoms with Crippen LogP contribution in [-0.4, -0.2) is 32.7 Å². The van der Waals surface area contributed by atoms with Crippen LogP contribution in [-0.2, 0) is 20.4 Å². The van der Waals surface area contributed by atoms with E-state index in [1.165, 1.54) is 0 Å². The average molecular weight is 320 g/mol. The molecule has 1 amide bonds. The molecule has 1 aromatic carbocycles. The van der Waals surface area contributed by atoms with E-state index in [0.29, 0.717) is 10.2 Å². The van der Waals surface area contributed by atoms with Crippen LogP contribution in [0.4, 0.5) is 5.69 Å². The van der Waals surface area contributed by atoms with Crippen LogP contribution in [0.3, 0.4) is 0 Å². The summed E-state index contributed by atoms with van der Waals surface area (Å²) in [5.41, 5.74) is 0.560. The number of hydrogen-bond acceptors (Lipinski definition) is 3. The minimum Gasteiger partial charge on any atom is -0.481 e. The molecule has 1 aromatic rings. The fourth-order valence-electron chi connectivity index (χ4n) is 1.08. The fraction of sp³-hybridized carbons (Fsp3) is 0.200. The Morgan fingerprint density at radius 3 is 2.53 bits per heavy atom. The van der Waals surface area contributed by atoms with Crippen LogP contribution in [0, 0.1) is 0 Å². The Balaban J connectivity index is 2.53. The van der Waals surface area contributed by atoms with Crippen LogP contribution in [0.1, 0.15) is 0 Å². The number of halogens is 1. The maximum Gasteiger partial charge on any atom is 0.316 e. The maximum absolute atomic E-state index is 11.4. The van der Waals surface area contributed by atoms with Crippen molar-refractivity contribution in [3.63, 3.8) is 0 Å². The second-order valence-electron chi connectivity index (χ2n) is 3.15. The smallest absolute Gasteiger partial charge is 0.316 e. The van der Waals surface area contributed by atoms with Crippen molar-refractivity contribution >= 4 is 44.3 Å². The van der Waals surface area contributed by atoms with Gasteiger partial charge in [-0.25, -0.2) is 0 Å². The van der Waals surface area contributed by atoms with Gasteiger partial charge in [0.2, 0.25) is 5.91 Å². The van der Waals surface area contributed by atoms with Crippen LogP contribution in [0.5, 0.6) is 0 Å². The number of aliphatic carboxylic acids is 1. The monoisotopic (exact) mass is 319 g/mol. The highest BCUT2D eigenvalue weighted by atomic mass is 79.9. The highest BCUT2D eigenvalue weighted by Crippen LogP contribution is 2.20. The molecule has 1 atom stereocenters. The molecule has 0 fully saturated rings. The summed E-state index contributed by atoms with van der Waals surface area (Å²) in [6.45, 7) is 0. The zero-order chi connectivity index (χ0) is 12.8. The average Bonchev–Trinajstić information content (AvgIpc) is 2.19. The van der Waals surface area contributed by atoms with Gasteiger partial charge in [-0.05, 0) is 28.1 Å². The summed E-state index contributed by atoms with van der Waals surface area (Å²) in [4.78, 5) is 21.7. The molecule has 0 heterocycles. The summed E-state index contributed by atoms with van der Waals surface area (Å²) in [7, 11) is -1.69. The van der Waals surface area contributed by atoms with E-state index in [1.54, 1.807) is 24.3 Å². The van der Waals surface area contributed by atoms with Gasteiger partial charge in [0.15, 0.2) is 0 Å². The van der Waals surface area contributed by atoms with Gasteiger partial charge < -0.3 is 10.4 Å². The van der Waals surface area contributed by atoms with Gasteiger partial charge in [0.25, 0.3) is 0 Å². The molecule has 0 aliphatic rings. The lowest BCUT2D eigenvalue weighted by Gasteiger charge is -2.06. The molecular formula is C10H10BrNO4S. The Morgan fingerprint density at radius 2 is 1.94 bits per heavy atom. The lowest BCUT2D eigenvalue weighted by Crippen LogP contribution is -2.23. The van der Waals surface area contributed by atoms with Gasteiger partial charge in [0, 0.05) is 15.3 Å². The van der Waals surface area contributed by atoms with Crippen molar-refractivity contribution in [1.82, 2.24) is 0 Å². The van der Waals surface area contributed by atoms with Gasteiger partial charge in [0.1, 0.15) is 11.5 Å². The number of carboxylic acid groups (broad SMARTS) is 1. The quantitative estimate of drug-likeness (QED) is 0.854. The van der Waals surface area contributed by atoms with Crippen molar-refractivity contribution in [3.8, 4) is 0 Å². The predicted octanol–water partition coefficient (Wildman–Crippen LogP) is 1.22. The summed E-state index contributed by atoms with van der Waals surface area (Å²) in [5, 5.41) is 10.9. The lowest BCUT2D eigenvalue weighted by molar-refractivity contribution is -0.133. The standard InChI is InChI=1S/C10H10BrNO4S/c11-7-3-1-2-4-8(7)12-9(13)5-17(16)6-10(14)15/h1-4H,5-6H2,(H,12,13)(H,14,15). The number of para-hydroxylation sites is 1. The van der Waals surface area contributed by atoms with Crippen molar-refractivity contribution in [2.75, 3.05) is 16.8 Å². The Hall–Kier alpha value is -1.21. The normalized spacial score (nSPS) is 11.8. The van der Waals surface area contributed by atoms with Gasteiger partial charge in [-0.1, -0.05) is 12.1 Å². The van der Waals surface area contributed by atoms with E-state index in [4.69, 9.17) is 5.11 Å². The first-order valence-electron chi connectivity index (χ1n) is 4.60. The third kappa shape index (κ3) is 5.10. The molecule has 0 saturated carbocycles. The summed E-state index contributed by atoms with van der Waals surface area (Å²) < 4.78 is 11.9. The molecule has 1 rings (SSSR count). The molecule has 0 spiro atoms. The fourth-order valence-corrected chi connectivity index (χ4v) is 2.21. The molecule has 2 N–H and O–H groups in total. The van der Waals surface area contributed by atoms with Crippen LogP contribution in [0.15, 0.2) is 28.7 Å². The van der Waals surface area contributed by atoms with Gasteiger partial charge in [0.05, 0.1) is 5.69 Å². The molecule has 0 saturated heterocycles. The second-order valence-corrected chi connectivity index (χ2v) is 5.46. The Morgan fingerprint density at radius 1 is 1.29 bits per heavy atom. The predicted molar refractivity (Wildman–Crippen MR) is 68.3 cm³/mol. The summed E-state index contributed by atoms with van der Waals surface area (Å²) in [6.07, 6.45) is 0. The zero-order valence-corrected chi connectivity index (χ0v) is 11.1. The van der Waals surface area contributed by atoms with Gasteiger partial charge in [-0.2, -0.15) is 0 Å². The molecule has 92 valence electrons. The van der Waals surface area contributed by atoms with Crippen molar-refractivity contribution < 1.29 is 18.9 Å². The van der Waals surface area contributed by atoms with Gasteiger partial charge in [-0.3, -0.25) is 13.8 Å². The summed E-state index contributed by atoms with van der Waals surface area (Å²) >= 11 is 3.25. The topological polar surface area (TPSA) is 83.5 Å². The van der Waals surface area contributed by atoms with Crippen LogP contribution >= 0.6 is 15.9 Å². The van der Waals surface area contributed by atoms with Crippen LogP contribution in [0.2, 0.25) is 0 Å². The number of nitrogens with one attached hydrogen (secondary N) is 1. The number of carboxylic acids is 1. The van der Waals surface area contributed by atoms with Crippen molar-refractivity contribution in [1.29, 1.82) is 0 Å². The van der Waals surface area contributed by atoms with E-state index in [2.05, 4.69) is 21.2 Å². The SMILES string of the molecule is O=C(O)CS(=O)CC(=O)Nc1ccccc1Br. The second kappa shape index (κ2) is 6.51. The first-order valence-corrected chi connectivity index (χ1v) is 6.88. The maximum atomic E-state index is 11.4. The van der Waals surface area contributed by atoms with E-state index in [9.17, 15) is 13.8 Å². The zero-order valence-electron chi connectivity index (χ0n) is 8.68. The number of carbonyl (C=O) groups excluding carboxylic acids is 1. The highest BCUT2D eigenvalue weighted by Gasteiger charge is 2.12. The molecule has 0 aliphatic carbocycles. The largest absolute Gasteiger partial charge is 0.481 e. The molecule has 0 aromatic heterocycles. The molecule has 0 bridgehead atoms. The Bertz CT molecular complexity index is 463. The Labute approximate surface area is 109 Å². The van der Waals surface area contributed by atoms with E-state index >= 15 is 0 Å². The van der Waals surface area contributed by atoms with E-state index in [1.807, 2.05) is 0 Å². The number of rotatable bonds is 5. The third-order valence-electron chi connectivity index (χ3n) is 1.72. The third-order valence-corrected chi connectivity index (χ3v) is 3.57. The van der Waals surface area contributed by atoms with E-state index < -0.39 is 28.4 Å². The van der Waals surface area contributed by atoms with Gasteiger partial charge in [-0.15, -0.1) is 0 Å².